The van der Waals surface area contributed by atoms with Gasteiger partial charge in [-0.1, -0.05) is 46.8 Å². The van der Waals surface area contributed by atoms with Crippen LogP contribution < -0.4 is 5.32 Å². The summed E-state index contributed by atoms with van der Waals surface area (Å²) in [5, 5.41) is 13.7. The summed E-state index contributed by atoms with van der Waals surface area (Å²) >= 11 is 0. The van der Waals surface area contributed by atoms with Gasteiger partial charge >= 0.3 is 0 Å². The van der Waals surface area contributed by atoms with Gasteiger partial charge in [0.05, 0.1) is 5.41 Å². The number of hydrogen-bond donors (Lipinski definition) is 2. The number of carbonyl (C=O) groups excluding carboxylic acids is 1. The third kappa shape index (κ3) is 3.03. The van der Waals surface area contributed by atoms with Gasteiger partial charge in [-0.05, 0) is 128 Å². The number of allylic oxidation sites excluding steroid dienone is 1. The van der Waals surface area contributed by atoms with Gasteiger partial charge in [0.25, 0.3) is 0 Å². The summed E-state index contributed by atoms with van der Waals surface area (Å²) < 4.78 is 0. The third-order valence-electron chi connectivity index (χ3n) is 14.4. The molecule has 0 aliphatic heterocycles. The Morgan fingerprint density at radius 2 is 1.63 bits per heavy atom. The molecule has 3 nitrogen and oxygen atoms in total. The fraction of sp³-hybridized carbons (Fsp3) is 0.906. The highest BCUT2D eigenvalue weighted by atomic mass is 16.3. The van der Waals surface area contributed by atoms with Gasteiger partial charge in [-0.15, -0.1) is 0 Å². The molecule has 5 aliphatic carbocycles. The van der Waals surface area contributed by atoms with Crippen LogP contribution in [0.15, 0.2) is 12.2 Å². The van der Waals surface area contributed by atoms with Crippen molar-refractivity contribution in [3.8, 4) is 0 Å². The van der Waals surface area contributed by atoms with Crippen LogP contribution in [0, 0.1) is 62.6 Å². The minimum atomic E-state index is -0.192. The molecule has 0 saturated heterocycles. The highest BCUT2D eigenvalue weighted by molar-refractivity contribution is 5.83. The van der Waals surface area contributed by atoms with Gasteiger partial charge in [-0.2, -0.15) is 0 Å². The Bertz CT molecular complexity index is 898. The number of aliphatic hydroxyl groups is 1. The first-order valence-corrected chi connectivity index (χ1v) is 14.8. The molecule has 0 radical (unpaired) electrons. The van der Waals surface area contributed by atoms with Gasteiger partial charge < -0.3 is 10.4 Å². The Labute approximate surface area is 215 Å². The molecule has 198 valence electrons. The van der Waals surface area contributed by atoms with Crippen LogP contribution in [0.1, 0.15) is 106 Å². The minimum absolute atomic E-state index is 0.0452. The molecule has 5 aliphatic rings. The monoisotopic (exact) mass is 483 g/mol. The van der Waals surface area contributed by atoms with E-state index in [0.29, 0.717) is 58.9 Å². The van der Waals surface area contributed by atoms with Crippen molar-refractivity contribution in [1.29, 1.82) is 0 Å². The second-order valence-electron chi connectivity index (χ2n) is 15.0. The van der Waals surface area contributed by atoms with Crippen LogP contribution in [0.2, 0.25) is 0 Å². The summed E-state index contributed by atoms with van der Waals surface area (Å²) in [7, 11) is 1.85. The molecule has 11 atom stereocenters. The van der Waals surface area contributed by atoms with Crippen LogP contribution in [0.3, 0.4) is 0 Å². The van der Waals surface area contributed by atoms with Crippen molar-refractivity contribution in [1.82, 2.24) is 5.32 Å². The average Bonchev–Trinajstić information content (AvgIpc) is 3.23. The maximum atomic E-state index is 13.5. The predicted octanol–water partition coefficient (Wildman–Crippen LogP) is 7.00. The number of amides is 1. The number of hydrogen-bond acceptors (Lipinski definition) is 2. The second kappa shape index (κ2) is 8.08. The van der Waals surface area contributed by atoms with Crippen molar-refractivity contribution in [3.63, 3.8) is 0 Å². The predicted molar refractivity (Wildman–Crippen MR) is 144 cm³/mol. The lowest BCUT2D eigenvalue weighted by Crippen LogP contribution is -2.67. The molecule has 1 amide bonds. The zero-order chi connectivity index (χ0) is 25.6. The summed E-state index contributed by atoms with van der Waals surface area (Å²) in [5.41, 5.74) is 2.03. The van der Waals surface area contributed by atoms with E-state index in [1.807, 2.05) is 7.05 Å². The summed E-state index contributed by atoms with van der Waals surface area (Å²) in [6.07, 6.45) is 12.1. The van der Waals surface area contributed by atoms with E-state index < -0.39 is 0 Å². The number of rotatable bonds is 3. The lowest BCUT2D eigenvalue weighted by Gasteiger charge is -2.73. The number of fused-ring (bicyclic) bond motifs is 7. The molecular formula is C32H53NO2. The topological polar surface area (TPSA) is 49.3 Å². The summed E-state index contributed by atoms with van der Waals surface area (Å²) in [6, 6.07) is 0. The van der Waals surface area contributed by atoms with E-state index in [4.69, 9.17) is 0 Å². The van der Waals surface area contributed by atoms with E-state index >= 15 is 0 Å². The standard InChI is InChI=1S/C32H53NO2/c1-20(2)22-12-16-32(27(35)33-8)18-17-30(6)23(26(22)32)9-10-25-28(4)14-11-21(3)29(5,19-34)24(28)13-15-31(25,30)7/h21-26,34H,1,9-19H2,2-8H3,(H,33,35)/t21-,22?,23?,24?,25?,26?,28-,29+,30+,31+,32-/m0/s1. The average molecular weight is 484 g/mol. The van der Waals surface area contributed by atoms with Crippen LogP contribution in [0.4, 0.5) is 0 Å². The van der Waals surface area contributed by atoms with E-state index in [2.05, 4.69) is 53.4 Å². The first-order chi connectivity index (χ1) is 16.4. The molecule has 0 aromatic heterocycles. The first kappa shape index (κ1) is 25.8. The molecule has 5 rings (SSSR count). The fourth-order valence-corrected chi connectivity index (χ4v) is 12.0. The van der Waals surface area contributed by atoms with Gasteiger partial charge in [0, 0.05) is 13.7 Å². The second-order valence-corrected chi connectivity index (χ2v) is 15.0. The highest BCUT2D eigenvalue weighted by Crippen LogP contribution is 2.77. The third-order valence-corrected chi connectivity index (χ3v) is 14.4. The molecule has 0 aromatic carbocycles. The summed E-state index contributed by atoms with van der Waals surface area (Å²) in [4.78, 5) is 13.5. The molecule has 5 unspecified atom stereocenters. The Morgan fingerprint density at radius 1 is 0.914 bits per heavy atom. The molecule has 3 heteroatoms. The van der Waals surface area contributed by atoms with Crippen molar-refractivity contribution >= 4 is 5.91 Å². The Hall–Kier alpha value is -0.830. The normalized spacial score (nSPS) is 55.2. The molecule has 0 aromatic rings. The molecule has 5 saturated carbocycles. The van der Waals surface area contributed by atoms with E-state index in [-0.39, 0.29) is 16.2 Å². The quantitative estimate of drug-likeness (QED) is 0.425. The van der Waals surface area contributed by atoms with Crippen LogP contribution in [0.25, 0.3) is 0 Å². The SMILES string of the molecule is C=C(C)C1CC[C@]2(C(=O)NC)CC[C@]3(C)C(CCC4[C@@]5(C)CC[C@H](C)[C@@](C)(CO)C5CC[C@]43C)C12. The largest absolute Gasteiger partial charge is 0.396 e. The van der Waals surface area contributed by atoms with Gasteiger partial charge in [0.15, 0.2) is 0 Å². The lowest BCUT2D eigenvalue weighted by molar-refractivity contribution is -0.246. The Morgan fingerprint density at radius 3 is 2.26 bits per heavy atom. The fourth-order valence-electron chi connectivity index (χ4n) is 12.0. The van der Waals surface area contributed by atoms with Gasteiger partial charge in [-0.25, -0.2) is 0 Å². The van der Waals surface area contributed by atoms with Gasteiger partial charge in [0.2, 0.25) is 5.91 Å². The molecule has 2 N–H and O–H groups in total. The number of aliphatic hydroxyl groups excluding tert-OH is 1. The Kier molecular flexibility index (Phi) is 5.96. The first-order valence-electron chi connectivity index (χ1n) is 14.8. The maximum Gasteiger partial charge on any atom is 0.226 e. The van der Waals surface area contributed by atoms with Crippen LogP contribution in [-0.4, -0.2) is 24.7 Å². The van der Waals surface area contributed by atoms with E-state index in [9.17, 15) is 9.90 Å². The number of carbonyl (C=O) groups is 1. The van der Waals surface area contributed by atoms with Crippen molar-refractivity contribution in [3.05, 3.63) is 12.2 Å². The van der Waals surface area contributed by atoms with Crippen LogP contribution >= 0.6 is 0 Å². The summed E-state index contributed by atoms with van der Waals surface area (Å²) in [5.74, 6) is 3.76. The molecule has 0 spiro atoms. The molecule has 5 fully saturated rings. The smallest absolute Gasteiger partial charge is 0.226 e. The number of nitrogens with one attached hydrogen (secondary N) is 1. The molecule has 0 bridgehead atoms. The zero-order valence-electron chi connectivity index (χ0n) is 23.8. The van der Waals surface area contributed by atoms with Crippen molar-refractivity contribution < 1.29 is 9.90 Å². The minimum Gasteiger partial charge on any atom is -0.396 e. The maximum absolute atomic E-state index is 13.5. The lowest BCUT2D eigenvalue weighted by atomic mass is 9.32. The molecule has 35 heavy (non-hydrogen) atoms. The molecular weight excluding hydrogens is 430 g/mol. The van der Waals surface area contributed by atoms with Crippen molar-refractivity contribution in [2.75, 3.05) is 13.7 Å². The Balaban J connectivity index is 1.56. The van der Waals surface area contributed by atoms with Crippen molar-refractivity contribution in [2.24, 2.45) is 62.6 Å². The van der Waals surface area contributed by atoms with E-state index in [1.54, 1.807) is 0 Å². The summed E-state index contributed by atoms with van der Waals surface area (Å²) in [6.45, 7) is 19.7. The van der Waals surface area contributed by atoms with Crippen LogP contribution in [-0.2, 0) is 4.79 Å². The van der Waals surface area contributed by atoms with E-state index in [0.717, 1.165) is 19.3 Å². The van der Waals surface area contributed by atoms with E-state index in [1.165, 1.54) is 50.5 Å². The van der Waals surface area contributed by atoms with Crippen LogP contribution in [0.5, 0.6) is 0 Å². The van der Waals surface area contributed by atoms with Gasteiger partial charge in [0.1, 0.15) is 0 Å². The van der Waals surface area contributed by atoms with Crippen molar-refractivity contribution in [2.45, 2.75) is 106 Å². The zero-order valence-corrected chi connectivity index (χ0v) is 23.8. The highest BCUT2D eigenvalue weighted by Gasteiger charge is 2.71. The molecule has 0 heterocycles. The van der Waals surface area contributed by atoms with Gasteiger partial charge in [-0.3, -0.25) is 4.79 Å².